The molecule has 0 radical (unpaired) electrons. The van der Waals surface area contributed by atoms with E-state index in [1.165, 1.54) is 0 Å². The molecule has 0 aliphatic rings. The quantitative estimate of drug-likeness (QED) is 0.452. The predicted octanol–water partition coefficient (Wildman–Crippen LogP) is 3.78. The van der Waals surface area contributed by atoms with Crippen molar-refractivity contribution in [3.63, 3.8) is 0 Å². The van der Waals surface area contributed by atoms with E-state index < -0.39 is 5.97 Å². The van der Waals surface area contributed by atoms with Gasteiger partial charge in [-0.25, -0.2) is 0 Å². The van der Waals surface area contributed by atoms with E-state index >= 15 is 0 Å². The van der Waals surface area contributed by atoms with E-state index in [-0.39, 0.29) is 32.0 Å². The molecule has 1 aromatic carbocycles. The Morgan fingerprint density at radius 2 is 1.61 bits per heavy atom. The summed E-state index contributed by atoms with van der Waals surface area (Å²) >= 11 is 5.93. The highest BCUT2D eigenvalue weighted by Gasteiger charge is 2.09. The number of ether oxygens (including phenoxy) is 3. The molecule has 5 nitrogen and oxygen atoms in total. The number of carbonyl (C=O) groups is 2. The van der Waals surface area contributed by atoms with Gasteiger partial charge < -0.3 is 14.2 Å². The van der Waals surface area contributed by atoms with Gasteiger partial charge in [-0.15, -0.1) is 0 Å². The van der Waals surface area contributed by atoms with Crippen LogP contribution in [0.25, 0.3) is 0 Å². The van der Waals surface area contributed by atoms with Crippen LogP contribution in [0.5, 0.6) is 5.75 Å². The Labute approximate surface area is 141 Å². The van der Waals surface area contributed by atoms with Crippen LogP contribution in [0.2, 0.25) is 5.02 Å². The first kappa shape index (κ1) is 19.3. The fourth-order valence-corrected chi connectivity index (χ4v) is 1.95. The molecule has 0 saturated carbocycles. The van der Waals surface area contributed by atoms with Crippen LogP contribution in [0.4, 0.5) is 0 Å². The van der Waals surface area contributed by atoms with Gasteiger partial charge in [0.15, 0.2) is 0 Å². The van der Waals surface area contributed by atoms with Gasteiger partial charge in [0.2, 0.25) is 0 Å². The molecule has 0 heterocycles. The monoisotopic (exact) mass is 342 g/mol. The van der Waals surface area contributed by atoms with Crippen molar-refractivity contribution in [1.29, 1.82) is 0 Å². The molecule has 128 valence electrons. The van der Waals surface area contributed by atoms with Crippen molar-refractivity contribution >= 4 is 23.5 Å². The lowest BCUT2D eigenvalue weighted by Gasteiger charge is -2.08. The maximum absolute atomic E-state index is 11.5. The Balaban J connectivity index is 2.06. The molecule has 0 unspecified atom stereocenters. The SMILES string of the molecule is CCCCCOC(=O)CCC(=O)OCCOc1ccccc1Cl. The average Bonchev–Trinajstić information content (AvgIpc) is 2.55. The van der Waals surface area contributed by atoms with Crippen molar-refractivity contribution in [3.8, 4) is 5.75 Å². The molecule has 0 N–H and O–H groups in total. The standard InChI is InChI=1S/C17H23ClO5/c1-2-3-6-11-22-16(19)9-10-17(20)23-13-12-21-15-8-5-4-7-14(15)18/h4-5,7-8H,2-3,6,9-13H2,1H3. The Bertz CT molecular complexity index is 490. The zero-order valence-corrected chi connectivity index (χ0v) is 14.1. The van der Waals surface area contributed by atoms with Gasteiger partial charge in [-0.2, -0.15) is 0 Å². The highest BCUT2D eigenvalue weighted by atomic mass is 35.5. The van der Waals surface area contributed by atoms with Crippen LogP contribution in [-0.4, -0.2) is 31.8 Å². The first-order valence-electron chi connectivity index (χ1n) is 7.82. The Morgan fingerprint density at radius 3 is 2.26 bits per heavy atom. The van der Waals surface area contributed by atoms with Gasteiger partial charge >= 0.3 is 11.9 Å². The molecule has 0 saturated heterocycles. The van der Waals surface area contributed by atoms with Crippen LogP contribution in [-0.2, 0) is 19.1 Å². The molecular weight excluding hydrogens is 320 g/mol. The molecule has 0 aliphatic heterocycles. The van der Waals surface area contributed by atoms with Crippen LogP contribution < -0.4 is 4.74 Å². The van der Waals surface area contributed by atoms with Gasteiger partial charge in [0.05, 0.1) is 24.5 Å². The Kier molecular flexibility index (Phi) is 9.87. The Morgan fingerprint density at radius 1 is 0.957 bits per heavy atom. The van der Waals surface area contributed by atoms with Gasteiger partial charge in [0, 0.05) is 0 Å². The van der Waals surface area contributed by atoms with E-state index in [9.17, 15) is 9.59 Å². The van der Waals surface area contributed by atoms with E-state index in [0.717, 1.165) is 19.3 Å². The summed E-state index contributed by atoms with van der Waals surface area (Å²) in [6.07, 6.45) is 3.00. The summed E-state index contributed by atoms with van der Waals surface area (Å²) in [4.78, 5) is 22.9. The van der Waals surface area contributed by atoms with Crippen LogP contribution in [0.3, 0.4) is 0 Å². The maximum Gasteiger partial charge on any atom is 0.306 e. The molecule has 0 amide bonds. The van der Waals surface area contributed by atoms with E-state index in [1.807, 2.05) is 0 Å². The zero-order valence-electron chi connectivity index (χ0n) is 13.4. The van der Waals surface area contributed by atoms with Crippen LogP contribution in [0, 0.1) is 0 Å². The van der Waals surface area contributed by atoms with Crippen molar-refractivity contribution in [1.82, 2.24) is 0 Å². The second-order valence-corrected chi connectivity index (χ2v) is 5.33. The number of unbranched alkanes of at least 4 members (excludes halogenated alkanes) is 2. The number of esters is 2. The van der Waals surface area contributed by atoms with E-state index in [4.69, 9.17) is 25.8 Å². The summed E-state index contributed by atoms with van der Waals surface area (Å²) in [6.45, 7) is 2.80. The topological polar surface area (TPSA) is 61.8 Å². The molecule has 0 aliphatic carbocycles. The fourth-order valence-electron chi connectivity index (χ4n) is 1.76. The molecule has 0 fully saturated rings. The summed E-state index contributed by atoms with van der Waals surface area (Å²) in [5.41, 5.74) is 0. The third kappa shape index (κ3) is 9.08. The van der Waals surface area contributed by atoms with E-state index in [2.05, 4.69) is 6.92 Å². The lowest BCUT2D eigenvalue weighted by Crippen LogP contribution is -2.14. The van der Waals surface area contributed by atoms with Crippen LogP contribution >= 0.6 is 11.6 Å². The van der Waals surface area contributed by atoms with Crippen LogP contribution in [0.15, 0.2) is 24.3 Å². The third-order valence-electron chi connectivity index (χ3n) is 2.98. The van der Waals surface area contributed by atoms with Gasteiger partial charge in [-0.3, -0.25) is 9.59 Å². The second-order valence-electron chi connectivity index (χ2n) is 4.93. The normalized spacial score (nSPS) is 10.2. The third-order valence-corrected chi connectivity index (χ3v) is 3.30. The molecular formula is C17H23ClO5. The predicted molar refractivity (Wildman–Crippen MR) is 87.6 cm³/mol. The number of hydrogen-bond acceptors (Lipinski definition) is 5. The Hall–Kier alpha value is -1.75. The number of para-hydroxylation sites is 1. The molecule has 6 heteroatoms. The molecule has 23 heavy (non-hydrogen) atoms. The average molecular weight is 343 g/mol. The van der Waals surface area contributed by atoms with Gasteiger partial charge in [-0.1, -0.05) is 43.5 Å². The minimum atomic E-state index is -0.446. The zero-order chi connectivity index (χ0) is 16.9. The van der Waals surface area contributed by atoms with E-state index in [1.54, 1.807) is 24.3 Å². The van der Waals surface area contributed by atoms with E-state index in [0.29, 0.717) is 17.4 Å². The van der Waals surface area contributed by atoms with Crippen molar-refractivity contribution in [2.45, 2.75) is 39.0 Å². The van der Waals surface area contributed by atoms with Gasteiger partial charge in [0.25, 0.3) is 0 Å². The van der Waals surface area contributed by atoms with Crippen molar-refractivity contribution in [3.05, 3.63) is 29.3 Å². The molecule has 0 bridgehead atoms. The summed E-state index contributed by atoms with van der Waals surface area (Å²) < 4.78 is 15.4. The minimum Gasteiger partial charge on any atom is -0.488 e. The highest BCUT2D eigenvalue weighted by Crippen LogP contribution is 2.22. The first-order chi connectivity index (χ1) is 11.1. The summed E-state index contributed by atoms with van der Waals surface area (Å²) in [5.74, 6) is -0.274. The van der Waals surface area contributed by atoms with Gasteiger partial charge in [0.1, 0.15) is 19.0 Å². The molecule has 1 aromatic rings. The number of hydrogen-bond donors (Lipinski definition) is 0. The summed E-state index contributed by atoms with van der Waals surface area (Å²) in [7, 11) is 0. The summed E-state index contributed by atoms with van der Waals surface area (Å²) in [5, 5.41) is 0.504. The smallest absolute Gasteiger partial charge is 0.306 e. The van der Waals surface area contributed by atoms with Crippen molar-refractivity contribution in [2.24, 2.45) is 0 Å². The number of rotatable bonds is 11. The highest BCUT2D eigenvalue weighted by molar-refractivity contribution is 6.32. The molecule has 1 rings (SSSR count). The van der Waals surface area contributed by atoms with Gasteiger partial charge in [-0.05, 0) is 18.6 Å². The largest absolute Gasteiger partial charge is 0.488 e. The van der Waals surface area contributed by atoms with Crippen molar-refractivity contribution < 1.29 is 23.8 Å². The first-order valence-corrected chi connectivity index (χ1v) is 8.20. The van der Waals surface area contributed by atoms with Crippen LogP contribution in [0.1, 0.15) is 39.0 Å². The maximum atomic E-state index is 11.5. The minimum absolute atomic E-state index is 0.0126. The molecule has 0 atom stereocenters. The lowest BCUT2D eigenvalue weighted by molar-refractivity contribution is -0.150. The molecule has 0 aromatic heterocycles. The second kappa shape index (κ2) is 11.8. The number of benzene rings is 1. The molecule has 0 spiro atoms. The summed E-state index contributed by atoms with van der Waals surface area (Å²) in [6, 6.07) is 7.06. The fraction of sp³-hybridized carbons (Fsp3) is 0.529. The number of carbonyl (C=O) groups excluding carboxylic acids is 2. The number of halogens is 1. The lowest BCUT2D eigenvalue weighted by atomic mass is 10.3. The van der Waals surface area contributed by atoms with Crippen molar-refractivity contribution in [2.75, 3.05) is 19.8 Å².